The Labute approximate surface area is 112 Å². The highest BCUT2D eigenvalue weighted by Gasteiger charge is 2.51. The molecule has 0 saturated heterocycles. The highest BCUT2D eigenvalue weighted by molar-refractivity contribution is 6.05. The topological polar surface area (TPSA) is 60.9 Å². The van der Waals surface area contributed by atoms with Crippen LogP contribution in [0.3, 0.4) is 0 Å². The number of benzene rings is 1. The van der Waals surface area contributed by atoms with Gasteiger partial charge >= 0.3 is 0 Å². The molecule has 0 spiro atoms. The fourth-order valence-corrected chi connectivity index (χ4v) is 2.60. The van der Waals surface area contributed by atoms with Crippen LogP contribution in [0, 0.1) is 0 Å². The van der Waals surface area contributed by atoms with Crippen LogP contribution in [0.4, 0.5) is 5.69 Å². The molecule has 0 atom stereocenters. The van der Waals surface area contributed by atoms with Crippen LogP contribution < -0.4 is 5.73 Å². The summed E-state index contributed by atoms with van der Waals surface area (Å²) >= 11 is 0. The van der Waals surface area contributed by atoms with Crippen molar-refractivity contribution in [2.24, 2.45) is 0 Å². The molecule has 98 valence electrons. The predicted octanol–water partition coefficient (Wildman–Crippen LogP) is 2.40. The second kappa shape index (κ2) is 4.23. The Bertz CT molecular complexity index is 609. The summed E-state index contributed by atoms with van der Waals surface area (Å²) in [6.45, 7) is 2.71. The van der Waals surface area contributed by atoms with E-state index >= 15 is 0 Å². The zero-order chi connectivity index (χ0) is 13.5. The van der Waals surface area contributed by atoms with Crippen molar-refractivity contribution < 1.29 is 4.79 Å². The van der Waals surface area contributed by atoms with Gasteiger partial charge in [0.15, 0.2) is 5.78 Å². The Kier molecular flexibility index (Phi) is 2.66. The van der Waals surface area contributed by atoms with Crippen LogP contribution in [0.1, 0.15) is 35.8 Å². The number of nitrogens with two attached hydrogens (primary N) is 1. The fraction of sp³-hybridized carbons (Fsp3) is 0.333. The van der Waals surface area contributed by atoms with Gasteiger partial charge in [0.25, 0.3) is 0 Å². The molecule has 1 aliphatic carbocycles. The third-order valence-corrected chi connectivity index (χ3v) is 3.90. The van der Waals surface area contributed by atoms with Crippen LogP contribution >= 0.6 is 0 Å². The molecule has 2 aromatic rings. The van der Waals surface area contributed by atoms with Gasteiger partial charge in [-0.3, -0.25) is 9.48 Å². The van der Waals surface area contributed by atoms with Crippen molar-refractivity contribution in [3.8, 4) is 0 Å². The summed E-state index contributed by atoms with van der Waals surface area (Å²) < 4.78 is 1.76. The van der Waals surface area contributed by atoms with Crippen molar-refractivity contribution >= 4 is 11.5 Å². The highest BCUT2D eigenvalue weighted by Crippen LogP contribution is 2.50. The molecule has 0 amide bonds. The summed E-state index contributed by atoms with van der Waals surface area (Å²) in [4.78, 5) is 12.8. The molecule has 1 aromatic carbocycles. The minimum atomic E-state index is -0.347. The van der Waals surface area contributed by atoms with E-state index in [0.29, 0.717) is 12.2 Å². The van der Waals surface area contributed by atoms with E-state index in [1.165, 1.54) is 0 Å². The standard InChI is InChI=1S/C15H17N3O/c1-2-18-13(7-10-17-18)14(19)15(8-9-15)11-3-5-12(16)6-4-11/h3-7,10H,2,8-9,16H2,1H3. The quantitative estimate of drug-likeness (QED) is 0.674. The first-order valence-electron chi connectivity index (χ1n) is 6.60. The Morgan fingerprint density at radius 3 is 2.58 bits per heavy atom. The maximum Gasteiger partial charge on any atom is 0.191 e. The van der Waals surface area contributed by atoms with Gasteiger partial charge < -0.3 is 5.73 Å². The monoisotopic (exact) mass is 255 g/mol. The number of hydrogen-bond donors (Lipinski definition) is 1. The zero-order valence-electron chi connectivity index (χ0n) is 11.0. The normalized spacial score (nSPS) is 16.3. The van der Waals surface area contributed by atoms with Crippen LogP contribution in [0.15, 0.2) is 36.5 Å². The third-order valence-electron chi connectivity index (χ3n) is 3.90. The Morgan fingerprint density at radius 2 is 2.00 bits per heavy atom. The number of ketones is 1. The van der Waals surface area contributed by atoms with Gasteiger partial charge in [0.05, 0.1) is 5.41 Å². The average Bonchev–Trinajstić information content (AvgIpc) is 3.09. The Balaban J connectivity index is 1.97. The molecule has 4 nitrogen and oxygen atoms in total. The number of aryl methyl sites for hydroxylation is 1. The second-order valence-corrected chi connectivity index (χ2v) is 5.07. The summed E-state index contributed by atoms with van der Waals surface area (Å²) in [6.07, 6.45) is 3.51. The van der Waals surface area contributed by atoms with Crippen molar-refractivity contribution in [2.75, 3.05) is 5.73 Å². The molecular formula is C15H17N3O. The highest BCUT2D eigenvalue weighted by atomic mass is 16.1. The van der Waals surface area contributed by atoms with Crippen LogP contribution in [0.25, 0.3) is 0 Å². The molecule has 0 aliphatic heterocycles. The first-order valence-corrected chi connectivity index (χ1v) is 6.60. The number of aromatic nitrogens is 2. The summed E-state index contributed by atoms with van der Waals surface area (Å²) in [6, 6.07) is 9.46. The summed E-state index contributed by atoms with van der Waals surface area (Å²) in [5.41, 5.74) is 7.86. The number of rotatable bonds is 4. The van der Waals surface area contributed by atoms with Crippen molar-refractivity contribution in [1.29, 1.82) is 0 Å². The van der Waals surface area contributed by atoms with Gasteiger partial charge in [0.1, 0.15) is 5.69 Å². The molecule has 3 rings (SSSR count). The first kappa shape index (κ1) is 12.0. The number of anilines is 1. The number of hydrogen-bond acceptors (Lipinski definition) is 3. The zero-order valence-corrected chi connectivity index (χ0v) is 11.0. The van der Waals surface area contributed by atoms with Gasteiger partial charge in [-0.05, 0) is 43.5 Å². The molecule has 19 heavy (non-hydrogen) atoms. The number of nitrogen functional groups attached to an aromatic ring is 1. The molecule has 0 unspecified atom stereocenters. The van der Waals surface area contributed by atoms with Gasteiger partial charge in [-0.15, -0.1) is 0 Å². The molecule has 1 aliphatic rings. The van der Waals surface area contributed by atoms with E-state index in [9.17, 15) is 4.79 Å². The Hall–Kier alpha value is -2.10. The van der Waals surface area contributed by atoms with E-state index in [0.717, 1.165) is 24.1 Å². The summed E-state index contributed by atoms with van der Waals surface area (Å²) in [5.74, 6) is 0.177. The van der Waals surface area contributed by atoms with Crippen molar-refractivity contribution in [3.63, 3.8) is 0 Å². The minimum Gasteiger partial charge on any atom is -0.399 e. The largest absolute Gasteiger partial charge is 0.399 e. The molecular weight excluding hydrogens is 238 g/mol. The van der Waals surface area contributed by atoms with Crippen molar-refractivity contribution in [3.05, 3.63) is 47.8 Å². The molecule has 2 N–H and O–H groups in total. The minimum absolute atomic E-state index is 0.177. The van der Waals surface area contributed by atoms with E-state index in [2.05, 4.69) is 5.10 Å². The molecule has 0 radical (unpaired) electrons. The van der Waals surface area contributed by atoms with Gasteiger partial charge in [0.2, 0.25) is 0 Å². The molecule has 1 aromatic heterocycles. The van der Waals surface area contributed by atoms with Crippen molar-refractivity contribution in [1.82, 2.24) is 9.78 Å². The van der Waals surface area contributed by atoms with Gasteiger partial charge in [-0.25, -0.2) is 0 Å². The summed E-state index contributed by atoms with van der Waals surface area (Å²) in [5, 5.41) is 4.18. The van der Waals surface area contributed by atoms with Crippen LogP contribution in [0.2, 0.25) is 0 Å². The lowest BCUT2D eigenvalue weighted by molar-refractivity contribution is 0.0935. The van der Waals surface area contributed by atoms with Gasteiger partial charge in [-0.1, -0.05) is 12.1 Å². The summed E-state index contributed by atoms with van der Waals surface area (Å²) in [7, 11) is 0. The number of carbonyl (C=O) groups is 1. The lowest BCUT2D eigenvalue weighted by atomic mass is 9.89. The maximum atomic E-state index is 12.8. The molecule has 4 heteroatoms. The number of Topliss-reactive ketones (excluding diaryl/α,β-unsaturated/α-hetero) is 1. The van der Waals surface area contributed by atoms with E-state index in [4.69, 9.17) is 5.73 Å². The lowest BCUT2D eigenvalue weighted by Gasteiger charge is -2.15. The molecule has 1 fully saturated rings. The molecule has 1 saturated carbocycles. The SMILES string of the molecule is CCn1nccc1C(=O)C1(c2ccc(N)cc2)CC1. The van der Waals surface area contributed by atoms with Gasteiger partial charge in [-0.2, -0.15) is 5.10 Å². The maximum absolute atomic E-state index is 12.8. The van der Waals surface area contributed by atoms with Crippen LogP contribution in [-0.2, 0) is 12.0 Å². The molecule has 1 heterocycles. The number of nitrogens with zero attached hydrogens (tertiary/aromatic N) is 2. The second-order valence-electron chi connectivity index (χ2n) is 5.07. The van der Waals surface area contributed by atoms with E-state index in [1.807, 2.05) is 37.3 Å². The van der Waals surface area contributed by atoms with E-state index in [1.54, 1.807) is 10.9 Å². The smallest absolute Gasteiger partial charge is 0.191 e. The number of carbonyl (C=O) groups excluding carboxylic acids is 1. The fourth-order valence-electron chi connectivity index (χ4n) is 2.60. The van der Waals surface area contributed by atoms with Gasteiger partial charge in [0, 0.05) is 18.4 Å². The van der Waals surface area contributed by atoms with Crippen LogP contribution in [0.5, 0.6) is 0 Å². The predicted molar refractivity (Wildman–Crippen MR) is 74.0 cm³/mol. The van der Waals surface area contributed by atoms with E-state index in [-0.39, 0.29) is 11.2 Å². The first-order chi connectivity index (χ1) is 9.17. The average molecular weight is 255 g/mol. The van der Waals surface area contributed by atoms with Crippen molar-refractivity contribution in [2.45, 2.75) is 31.7 Å². The third kappa shape index (κ3) is 1.84. The molecule has 0 bridgehead atoms. The van der Waals surface area contributed by atoms with Crippen LogP contribution in [-0.4, -0.2) is 15.6 Å². The lowest BCUT2D eigenvalue weighted by Crippen LogP contribution is -2.23. The van der Waals surface area contributed by atoms with E-state index < -0.39 is 0 Å². The Morgan fingerprint density at radius 1 is 1.32 bits per heavy atom.